The maximum Gasteiger partial charge on any atom is 0.128 e. The lowest BCUT2D eigenvalue weighted by molar-refractivity contribution is 0.301. The predicted molar refractivity (Wildman–Crippen MR) is 91.1 cm³/mol. The molecule has 1 saturated heterocycles. The monoisotopic (exact) mass is 309 g/mol. The van der Waals surface area contributed by atoms with Gasteiger partial charge in [-0.1, -0.05) is 32.4 Å². The van der Waals surface area contributed by atoms with Crippen LogP contribution in [-0.4, -0.2) is 24.6 Å². The molecular weight excluding hydrogens is 282 g/mol. The summed E-state index contributed by atoms with van der Waals surface area (Å²) in [6.07, 6.45) is 4.89. The fraction of sp³-hybridized carbons (Fsp3) is 0.706. The highest BCUT2D eigenvalue weighted by molar-refractivity contribution is 6.31. The van der Waals surface area contributed by atoms with Crippen LogP contribution < -0.4 is 10.2 Å². The summed E-state index contributed by atoms with van der Waals surface area (Å²) < 4.78 is 0. The van der Waals surface area contributed by atoms with Gasteiger partial charge in [0, 0.05) is 19.6 Å². The minimum absolute atomic E-state index is 0.474. The van der Waals surface area contributed by atoms with E-state index >= 15 is 0 Å². The lowest BCUT2D eigenvalue weighted by Crippen LogP contribution is -2.27. The molecule has 0 bridgehead atoms. The molecule has 1 aromatic heterocycles. The van der Waals surface area contributed by atoms with Gasteiger partial charge in [-0.25, -0.2) is 4.98 Å². The topological polar surface area (TPSA) is 28.2 Å². The second kappa shape index (κ2) is 7.46. The maximum atomic E-state index is 6.27. The summed E-state index contributed by atoms with van der Waals surface area (Å²) in [5.74, 6) is 1.08. The van der Waals surface area contributed by atoms with Crippen LogP contribution in [0.3, 0.4) is 0 Å². The minimum atomic E-state index is 0.474. The molecule has 1 N–H and O–H groups in total. The van der Waals surface area contributed by atoms with E-state index in [0.717, 1.165) is 49.1 Å². The summed E-state index contributed by atoms with van der Waals surface area (Å²) >= 11 is 6.27. The Hall–Kier alpha value is -0.800. The highest BCUT2D eigenvalue weighted by Crippen LogP contribution is 2.38. The summed E-state index contributed by atoms with van der Waals surface area (Å²) in [5, 5.41) is 4.15. The van der Waals surface area contributed by atoms with Crippen molar-refractivity contribution in [2.24, 2.45) is 5.41 Å². The van der Waals surface area contributed by atoms with Gasteiger partial charge in [0.15, 0.2) is 0 Å². The predicted octanol–water partition coefficient (Wildman–Crippen LogP) is 4.25. The molecule has 1 aliphatic rings. The lowest BCUT2D eigenvalue weighted by atomic mass is 9.82. The Balaban J connectivity index is 2.09. The third kappa shape index (κ3) is 3.89. The molecule has 0 aliphatic carbocycles. The van der Waals surface area contributed by atoms with Crippen molar-refractivity contribution in [3.8, 4) is 0 Å². The molecule has 0 spiro atoms. The summed E-state index contributed by atoms with van der Waals surface area (Å²) in [7, 11) is 0. The van der Waals surface area contributed by atoms with Crippen LogP contribution >= 0.6 is 11.6 Å². The molecule has 2 heterocycles. The zero-order valence-electron chi connectivity index (χ0n) is 13.6. The van der Waals surface area contributed by atoms with Crippen LogP contribution in [0.25, 0.3) is 0 Å². The lowest BCUT2D eigenvalue weighted by Gasteiger charge is -2.27. The fourth-order valence-corrected chi connectivity index (χ4v) is 3.29. The van der Waals surface area contributed by atoms with Crippen molar-refractivity contribution in [1.82, 2.24) is 10.3 Å². The van der Waals surface area contributed by atoms with E-state index in [4.69, 9.17) is 16.6 Å². The fourth-order valence-electron chi connectivity index (χ4n) is 3.11. The Labute approximate surface area is 134 Å². The van der Waals surface area contributed by atoms with Crippen molar-refractivity contribution >= 4 is 17.4 Å². The second-order valence-corrected chi connectivity index (χ2v) is 6.56. The molecule has 0 radical (unpaired) electrons. The number of halogens is 1. The minimum Gasteiger partial charge on any atom is -0.356 e. The molecular formula is C17H28ClN3. The van der Waals surface area contributed by atoms with Gasteiger partial charge in [0.05, 0.1) is 10.7 Å². The number of hydrogen-bond acceptors (Lipinski definition) is 3. The van der Waals surface area contributed by atoms with E-state index in [1.165, 1.54) is 19.3 Å². The van der Waals surface area contributed by atoms with Crippen molar-refractivity contribution in [3.05, 3.63) is 22.8 Å². The third-order valence-electron chi connectivity index (χ3n) is 4.89. The van der Waals surface area contributed by atoms with Crippen molar-refractivity contribution in [2.45, 2.75) is 53.0 Å². The number of nitrogens with zero attached hydrogens (tertiary/aromatic N) is 2. The average Bonchev–Trinajstić information content (AvgIpc) is 2.94. The van der Waals surface area contributed by atoms with Gasteiger partial charge in [-0.3, -0.25) is 0 Å². The molecule has 3 nitrogen and oxygen atoms in total. The Morgan fingerprint density at radius 2 is 2.05 bits per heavy atom. The first-order valence-electron chi connectivity index (χ1n) is 8.25. The first-order chi connectivity index (χ1) is 10.1. The molecule has 21 heavy (non-hydrogen) atoms. The first kappa shape index (κ1) is 16.6. The normalized spacial score (nSPS) is 17.4. The van der Waals surface area contributed by atoms with Crippen LogP contribution in [0.15, 0.2) is 12.1 Å². The number of rotatable bonds is 7. The Kier molecular flexibility index (Phi) is 5.88. The number of aromatic nitrogens is 1. The summed E-state index contributed by atoms with van der Waals surface area (Å²) in [5.41, 5.74) is 1.44. The number of anilines is 1. The first-order valence-corrected chi connectivity index (χ1v) is 8.63. The molecule has 0 amide bonds. The van der Waals surface area contributed by atoms with Gasteiger partial charge in [0.1, 0.15) is 5.82 Å². The van der Waals surface area contributed by atoms with Gasteiger partial charge in [-0.05, 0) is 49.8 Å². The standard InChI is InChI=1S/C17H28ClN3/c1-4-10-19-12-15-14(18)7-8-16(20-15)21-11-9-17(5-2,6-3)13-21/h7-8,19H,4-6,9-13H2,1-3H3. The van der Waals surface area contributed by atoms with Crippen LogP contribution in [-0.2, 0) is 6.54 Å². The molecule has 0 saturated carbocycles. The van der Waals surface area contributed by atoms with Crippen LogP contribution in [0.5, 0.6) is 0 Å². The second-order valence-electron chi connectivity index (χ2n) is 6.15. The van der Waals surface area contributed by atoms with Gasteiger partial charge < -0.3 is 10.2 Å². The van der Waals surface area contributed by atoms with E-state index in [1.807, 2.05) is 6.07 Å². The molecule has 118 valence electrons. The van der Waals surface area contributed by atoms with Crippen LogP contribution in [0.1, 0.15) is 52.1 Å². The van der Waals surface area contributed by atoms with Gasteiger partial charge in [-0.15, -0.1) is 0 Å². The summed E-state index contributed by atoms with van der Waals surface area (Å²) in [6.45, 7) is 10.8. The smallest absolute Gasteiger partial charge is 0.128 e. The molecule has 1 aromatic rings. The summed E-state index contributed by atoms with van der Waals surface area (Å²) in [6, 6.07) is 4.05. The van der Waals surface area contributed by atoms with Crippen molar-refractivity contribution in [3.63, 3.8) is 0 Å². The van der Waals surface area contributed by atoms with Gasteiger partial charge in [-0.2, -0.15) is 0 Å². The number of nitrogens with one attached hydrogen (secondary N) is 1. The van der Waals surface area contributed by atoms with E-state index in [1.54, 1.807) is 0 Å². The van der Waals surface area contributed by atoms with E-state index in [-0.39, 0.29) is 0 Å². The zero-order valence-corrected chi connectivity index (χ0v) is 14.3. The maximum absolute atomic E-state index is 6.27. The number of hydrogen-bond donors (Lipinski definition) is 1. The van der Waals surface area contributed by atoms with Crippen LogP contribution in [0, 0.1) is 5.41 Å². The van der Waals surface area contributed by atoms with Crippen molar-refractivity contribution in [1.29, 1.82) is 0 Å². The molecule has 1 aliphatic heterocycles. The van der Waals surface area contributed by atoms with Crippen LogP contribution in [0.4, 0.5) is 5.82 Å². The largest absolute Gasteiger partial charge is 0.356 e. The Morgan fingerprint density at radius 1 is 1.29 bits per heavy atom. The quantitative estimate of drug-likeness (QED) is 0.763. The molecule has 0 aromatic carbocycles. The van der Waals surface area contributed by atoms with Gasteiger partial charge >= 0.3 is 0 Å². The average molecular weight is 310 g/mol. The SMILES string of the molecule is CCCNCc1nc(N2CCC(CC)(CC)C2)ccc1Cl. The number of pyridine rings is 1. The van der Waals surface area contributed by atoms with E-state index in [2.05, 4.69) is 37.1 Å². The molecule has 1 fully saturated rings. The summed E-state index contributed by atoms with van der Waals surface area (Å²) in [4.78, 5) is 7.21. The third-order valence-corrected chi connectivity index (χ3v) is 5.23. The Morgan fingerprint density at radius 3 is 2.67 bits per heavy atom. The molecule has 4 heteroatoms. The van der Waals surface area contributed by atoms with Crippen molar-refractivity contribution in [2.75, 3.05) is 24.5 Å². The van der Waals surface area contributed by atoms with E-state index in [9.17, 15) is 0 Å². The molecule has 0 atom stereocenters. The van der Waals surface area contributed by atoms with Crippen LogP contribution in [0.2, 0.25) is 5.02 Å². The molecule has 2 rings (SSSR count). The van der Waals surface area contributed by atoms with E-state index < -0.39 is 0 Å². The molecule has 0 unspecified atom stereocenters. The highest BCUT2D eigenvalue weighted by atomic mass is 35.5. The van der Waals surface area contributed by atoms with Gasteiger partial charge in [0.25, 0.3) is 0 Å². The van der Waals surface area contributed by atoms with Gasteiger partial charge in [0.2, 0.25) is 0 Å². The van der Waals surface area contributed by atoms with Crippen molar-refractivity contribution < 1.29 is 0 Å². The zero-order chi connectivity index (χ0) is 15.3. The van der Waals surface area contributed by atoms with E-state index in [0.29, 0.717) is 5.41 Å². The highest BCUT2D eigenvalue weighted by Gasteiger charge is 2.35. The Bertz CT molecular complexity index is 457.